The molecule has 0 aromatic heterocycles. The zero-order chi connectivity index (χ0) is 11.4. The second-order valence-corrected chi connectivity index (χ2v) is 4.24. The van der Waals surface area contributed by atoms with Gasteiger partial charge in [-0.3, -0.25) is 4.90 Å². The average Bonchev–Trinajstić information content (AvgIpc) is 2.11. The number of hydrogen-bond acceptors (Lipinski definition) is 2. The Bertz CT molecular complexity index is 335. The summed E-state index contributed by atoms with van der Waals surface area (Å²) < 4.78 is 0. The summed E-state index contributed by atoms with van der Waals surface area (Å²) in [6, 6.07) is 4.38. The second kappa shape index (κ2) is 5.08. The summed E-state index contributed by atoms with van der Waals surface area (Å²) in [7, 11) is 1.97. The largest absolute Gasteiger partial charge is 0.302 e. The Balaban J connectivity index is 2.89. The molecule has 1 aromatic rings. The second-order valence-electron chi connectivity index (χ2n) is 4.24. The van der Waals surface area contributed by atoms with E-state index in [-0.39, 0.29) is 0 Å². The molecule has 0 fully saturated rings. The summed E-state index contributed by atoms with van der Waals surface area (Å²) in [4.78, 5) is 12.4. The zero-order valence-corrected chi connectivity index (χ0v) is 10.0. The highest BCUT2D eigenvalue weighted by Crippen LogP contribution is 2.17. The zero-order valence-electron chi connectivity index (χ0n) is 10.0. The smallest absolute Gasteiger partial charge is 0.133 e. The van der Waals surface area contributed by atoms with E-state index in [1.54, 1.807) is 0 Å². The molecule has 0 unspecified atom stereocenters. The van der Waals surface area contributed by atoms with E-state index in [0.717, 1.165) is 12.8 Å². The maximum Gasteiger partial charge on any atom is 0.133 e. The van der Waals surface area contributed by atoms with E-state index < -0.39 is 0 Å². The number of nitrogens with zero attached hydrogens (tertiary/aromatic N) is 1. The van der Waals surface area contributed by atoms with Gasteiger partial charge in [0.25, 0.3) is 0 Å². The van der Waals surface area contributed by atoms with Gasteiger partial charge in [0.2, 0.25) is 0 Å². The Morgan fingerprint density at radius 3 is 2.20 bits per heavy atom. The van der Waals surface area contributed by atoms with Crippen LogP contribution in [0.2, 0.25) is 0 Å². The molecule has 0 saturated heterocycles. The monoisotopic (exact) mass is 205 g/mol. The Labute approximate surface area is 91.9 Å². The number of rotatable bonds is 4. The third-order valence-electron chi connectivity index (χ3n) is 2.65. The SMILES string of the molecule is Cc1cc(C)c(CN(C)CC=O)c(C)c1. The van der Waals surface area contributed by atoms with Crippen molar-refractivity contribution < 1.29 is 4.79 Å². The Morgan fingerprint density at radius 2 is 1.73 bits per heavy atom. The van der Waals surface area contributed by atoms with Crippen LogP contribution in [0, 0.1) is 20.8 Å². The van der Waals surface area contributed by atoms with Crippen molar-refractivity contribution >= 4 is 6.29 Å². The molecule has 82 valence electrons. The lowest BCUT2D eigenvalue weighted by Gasteiger charge is -2.17. The van der Waals surface area contributed by atoms with Gasteiger partial charge < -0.3 is 4.79 Å². The molecule has 0 saturated carbocycles. The first-order valence-corrected chi connectivity index (χ1v) is 5.23. The molecule has 0 aliphatic carbocycles. The molecule has 0 radical (unpaired) electrons. The van der Waals surface area contributed by atoms with Gasteiger partial charge in [0, 0.05) is 6.54 Å². The molecule has 0 aliphatic rings. The van der Waals surface area contributed by atoms with E-state index in [0.29, 0.717) is 6.54 Å². The molecule has 0 heterocycles. The molecule has 0 amide bonds. The van der Waals surface area contributed by atoms with Crippen LogP contribution in [0.1, 0.15) is 22.3 Å². The van der Waals surface area contributed by atoms with Crippen molar-refractivity contribution in [1.29, 1.82) is 0 Å². The Hall–Kier alpha value is -1.15. The summed E-state index contributed by atoms with van der Waals surface area (Å²) >= 11 is 0. The molecule has 1 rings (SSSR count). The number of hydrogen-bond donors (Lipinski definition) is 0. The third kappa shape index (κ3) is 3.17. The van der Waals surface area contributed by atoms with Gasteiger partial charge >= 0.3 is 0 Å². The molecule has 0 bridgehead atoms. The maximum absolute atomic E-state index is 10.4. The molecule has 0 aliphatic heterocycles. The highest BCUT2D eigenvalue weighted by Gasteiger charge is 2.06. The van der Waals surface area contributed by atoms with Gasteiger partial charge in [-0.2, -0.15) is 0 Å². The van der Waals surface area contributed by atoms with Crippen LogP contribution in [0.15, 0.2) is 12.1 Å². The lowest BCUT2D eigenvalue weighted by molar-refractivity contribution is -0.108. The first-order valence-electron chi connectivity index (χ1n) is 5.23. The molecule has 15 heavy (non-hydrogen) atoms. The molecule has 2 nitrogen and oxygen atoms in total. The molecule has 0 spiro atoms. The number of benzene rings is 1. The predicted octanol–water partition coefficient (Wildman–Crippen LogP) is 2.24. The van der Waals surface area contributed by atoms with Crippen LogP contribution in [0.3, 0.4) is 0 Å². The first-order chi connectivity index (χ1) is 7.04. The van der Waals surface area contributed by atoms with Gasteiger partial charge in [0.15, 0.2) is 0 Å². The van der Waals surface area contributed by atoms with Crippen molar-refractivity contribution in [1.82, 2.24) is 4.90 Å². The minimum absolute atomic E-state index is 0.493. The summed E-state index contributed by atoms with van der Waals surface area (Å²) in [5, 5.41) is 0. The van der Waals surface area contributed by atoms with E-state index in [9.17, 15) is 4.79 Å². The van der Waals surface area contributed by atoms with Crippen LogP contribution in [0.5, 0.6) is 0 Å². The number of carbonyl (C=O) groups is 1. The number of aryl methyl sites for hydroxylation is 3. The summed E-state index contributed by atoms with van der Waals surface area (Å²) in [6.07, 6.45) is 0.943. The molecular weight excluding hydrogens is 186 g/mol. The van der Waals surface area contributed by atoms with E-state index >= 15 is 0 Å². The van der Waals surface area contributed by atoms with E-state index in [1.807, 2.05) is 11.9 Å². The molecule has 1 aromatic carbocycles. The van der Waals surface area contributed by atoms with Gasteiger partial charge in [-0.1, -0.05) is 17.7 Å². The van der Waals surface area contributed by atoms with E-state index in [2.05, 4.69) is 32.9 Å². The molecule has 0 N–H and O–H groups in total. The molecule has 0 atom stereocenters. The summed E-state index contributed by atoms with van der Waals surface area (Å²) in [5.74, 6) is 0. The van der Waals surface area contributed by atoms with Gasteiger partial charge in [-0.05, 0) is 44.5 Å². The Kier molecular flexibility index (Phi) is 4.04. The summed E-state index contributed by atoms with van der Waals surface area (Å²) in [5.41, 5.74) is 5.26. The minimum atomic E-state index is 0.493. The molecule has 2 heteroatoms. The van der Waals surface area contributed by atoms with Gasteiger partial charge in [0.1, 0.15) is 6.29 Å². The topological polar surface area (TPSA) is 20.3 Å². The van der Waals surface area contributed by atoms with Crippen molar-refractivity contribution in [2.24, 2.45) is 0 Å². The van der Waals surface area contributed by atoms with Crippen LogP contribution >= 0.6 is 0 Å². The number of carbonyl (C=O) groups excluding carboxylic acids is 1. The van der Waals surface area contributed by atoms with Crippen LogP contribution in [-0.4, -0.2) is 24.8 Å². The predicted molar refractivity (Wildman–Crippen MR) is 63.1 cm³/mol. The van der Waals surface area contributed by atoms with Gasteiger partial charge in [-0.15, -0.1) is 0 Å². The van der Waals surface area contributed by atoms with Crippen molar-refractivity contribution in [3.8, 4) is 0 Å². The first kappa shape index (κ1) is 11.9. The highest BCUT2D eigenvalue weighted by atomic mass is 16.1. The van der Waals surface area contributed by atoms with E-state index in [4.69, 9.17) is 0 Å². The van der Waals surface area contributed by atoms with Crippen LogP contribution in [0.4, 0.5) is 0 Å². The number of likely N-dealkylation sites (N-methyl/N-ethyl adjacent to an activating group) is 1. The van der Waals surface area contributed by atoms with Crippen LogP contribution in [0.25, 0.3) is 0 Å². The van der Waals surface area contributed by atoms with Gasteiger partial charge in [-0.25, -0.2) is 0 Å². The lowest BCUT2D eigenvalue weighted by Crippen LogP contribution is -2.21. The van der Waals surface area contributed by atoms with Gasteiger partial charge in [0.05, 0.1) is 6.54 Å². The van der Waals surface area contributed by atoms with Crippen LogP contribution < -0.4 is 0 Å². The fourth-order valence-corrected chi connectivity index (χ4v) is 1.92. The Morgan fingerprint density at radius 1 is 1.20 bits per heavy atom. The fraction of sp³-hybridized carbons (Fsp3) is 0.462. The third-order valence-corrected chi connectivity index (χ3v) is 2.65. The normalized spacial score (nSPS) is 10.7. The van der Waals surface area contributed by atoms with Crippen molar-refractivity contribution in [3.05, 3.63) is 34.4 Å². The molecular formula is C13H19NO. The maximum atomic E-state index is 10.4. The quantitative estimate of drug-likeness (QED) is 0.703. The standard InChI is InChI=1S/C13H19NO/c1-10-7-11(2)13(12(3)8-10)9-14(4)5-6-15/h6-8H,5,9H2,1-4H3. The van der Waals surface area contributed by atoms with E-state index in [1.165, 1.54) is 22.3 Å². The van der Waals surface area contributed by atoms with Crippen molar-refractivity contribution in [2.45, 2.75) is 27.3 Å². The van der Waals surface area contributed by atoms with Crippen molar-refractivity contribution in [3.63, 3.8) is 0 Å². The minimum Gasteiger partial charge on any atom is -0.302 e. The summed E-state index contributed by atoms with van der Waals surface area (Å²) in [6.45, 7) is 7.70. The number of aldehydes is 1. The van der Waals surface area contributed by atoms with Crippen LogP contribution in [-0.2, 0) is 11.3 Å². The highest BCUT2D eigenvalue weighted by molar-refractivity contribution is 5.52. The average molecular weight is 205 g/mol. The fourth-order valence-electron chi connectivity index (χ4n) is 1.92. The van der Waals surface area contributed by atoms with Crippen molar-refractivity contribution in [2.75, 3.05) is 13.6 Å². The lowest BCUT2D eigenvalue weighted by atomic mass is 9.99.